The van der Waals surface area contributed by atoms with E-state index in [2.05, 4.69) is 10.5 Å². The highest BCUT2D eigenvalue weighted by Gasteiger charge is 2.42. The summed E-state index contributed by atoms with van der Waals surface area (Å²) < 4.78 is 22.9. The lowest BCUT2D eigenvalue weighted by molar-refractivity contribution is -0.160. The van der Waals surface area contributed by atoms with Gasteiger partial charge in [-0.3, -0.25) is 14.4 Å². The minimum absolute atomic E-state index is 0.0404. The van der Waals surface area contributed by atoms with E-state index in [4.69, 9.17) is 23.8 Å². The molecule has 0 spiro atoms. The van der Waals surface area contributed by atoms with Crippen LogP contribution in [0.25, 0.3) is 10.8 Å². The van der Waals surface area contributed by atoms with Crippen molar-refractivity contribution in [3.8, 4) is 23.0 Å². The largest absolute Gasteiger partial charge is 0.507 e. The van der Waals surface area contributed by atoms with Gasteiger partial charge in [-0.2, -0.15) is 0 Å². The third-order valence-electron chi connectivity index (χ3n) is 9.98. The number of oxime groups is 1. The highest BCUT2D eigenvalue weighted by atomic mass is 16.7. The topological polar surface area (TPSA) is 223 Å². The van der Waals surface area contributed by atoms with Crippen LogP contribution in [-0.4, -0.2) is 94.3 Å². The number of nitrogens with zero attached hydrogens (tertiary/aromatic N) is 1. The molecular formula is C38H48N2O13. The molecule has 0 saturated heterocycles. The average Bonchev–Trinajstić information content (AvgIpc) is 3.45. The predicted molar refractivity (Wildman–Crippen MR) is 194 cm³/mol. The smallest absolute Gasteiger partial charge is 0.304 e. The molecule has 3 aliphatic heterocycles. The number of benzene rings is 2. The molecule has 53 heavy (non-hydrogen) atoms. The Labute approximate surface area is 307 Å². The monoisotopic (exact) mass is 740 g/mol. The second-order valence-electron chi connectivity index (χ2n) is 13.5. The maximum atomic E-state index is 13.9. The molecule has 15 heteroatoms. The van der Waals surface area contributed by atoms with Crippen molar-refractivity contribution in [1.82, 2.24) is 0 Å². The van der Waals surface area contributed by atoms with Crippen LogP contribution in [-0.2, 0) is 28.6 Å². The molecule has 0 fully saturated rings. The average molecular weight is 741 g/mol. The number of hydrogen-bond donors (Lipinski definition) is 6. The van der Waals surface area contributed by atoms with E-state index in [1.165, 1.54) is 53.4 Å². The van der Waals surface area contributed by atoms with Crippen molar-refractivity contribution in [3.63, 3.8) is 0 Å². The molecule has 3 aliphatic rings. The number of anilines is 1. The Morgan fingerprint density at radius 2 is 1.60 bits per heavy atom. The SMILES string of the molecule is CO/N=C/c1c2c(O)c3c(O)c(C)c4c(c3c1O)C(=O)[C@@H](O/C=C/[C@H](OC)[C@@H](C)[C@@H](OC(C)=O)[C@H](C)[C@H](O)[C@H](C)[C@@H](O)[C@@H](C)/C=C/C=C(/C)C(=O)N2)O4. The molecule has 1 amide bonds. The highest BCUT2D eigenvalue weighted by molar-refractivity contribution is 6.23. The fourth-order valence-electron chi connectivity index (χ4n) is 6.79. The van der Waals surface area contributed by atoms with Gasteiger partial charge in [0, 0.05) is 54.2 Å². The number of allylic oxidation sites excluding steroid dienone is 2. The van der Waals surface area contributed by atoms with Gasteiger partial charge in [-0.25, -0.2) is 0 Å². The quantitative estimate of drug-likeness (QED) is 0.0845. The van der Waals surface area contributed by atoms with E-state index >= 15 is 0 Å². The molecule has 5 bridgehead atoms. The Hall–Kier alpha value is -5.12. The van der Waals surface area contributed by atoms with Gasteiger partial charge >= 0.3 is 12.3 Å². The Morgan fingerprint density at radius 1 is 0.925 bits per heavy atom. The van der Waals surface area contributed by atoms with Crippen molar-refractivity contribution >= 4 is 40.3 Å². The number of phenols is 3. The Morgan fingerprint density at radius 3 is 2.23 bits per heavy atom. The lowest BCUT2D eigenvalue weighted by Gasteiger charge is -2.38. The first-order valence-corrected chi connectivity index (χ1v) is 17.1. The van der Waals surface area contributed by atoms with Crippen LogP contribution in [0.2, 0.25) is 0 Å². The van der Waals surface area contributed by atoms with Gasteiger partial charge in [-0.05, 0) is 19.9 Å². The van der Waals surface area contributed by atoms with E-state index < -0.39 is 89.3 Å². The third-order valence-corrected chi connectivity index (χ3v) is 9.98. The molecule has 0 saturated carbocycles. The van der Waals surface area contributed by atoms with Crippen LogP contribution in [0.1, 0.15) is 63.0 Å². The summed E-state index contributed by atoms with van der Waals surface area (Å²) in [4.78, 5) is 44.3. The number of methoxy groups -OCH3 is 1. The van der Waals surface area contributed by atoms with E-state index in [1.54, 1.807) is 39.8 Å². The summed E-state index contributed by atoms with van der Waals surface area (Å²) in [5.74, 6) is -6.50. The van der Waals surface area contributed by atoms with Crippen LogP contribution in [0.15, 0.2) is 41.3 Å². The molecule has 9 atom stereocenters. The molecule has 6 N–H and O–H groups in total. The zero-order chi connectivity index (χ0) is 39.5. The zero-order valence-electron chi connectivity index (χ0n) is 31.1. The summed E-state index contributed by atoms with van der Waals surface area (Å²) >= 11 is 0. The minimum Gasteiger partial charge on any atom is -0.507 e. The standard InChI is InChI=1S/C38H48N2O13/c1-16-11-10-12-17(2)37(48)40-28-23(15-39-50-9)32(45)25-26(33(28)46)31(44)21(6)36-27(25)34(47)38(53-36)51-14-13-24(49-8)18(3)35(52-22(7)41)20(5)30(43)19(4)29(16)42/h10-16,18-20,24,29-30,35,38,42-46H,1-9H3,(H,40,48)/b11-10+,14-13+,17-12-,39-15+/t16-,18+,19+,20+,24-,29-,30+,35+,38-/m0/s1. The lowest BCUT2D eigenvalue weighted by Crippen LogP contribution is -2.46. The third kappa shape index (κ3) is 7.97. The summed E-state index contributed by atoms with van der Waals surface area (Å²) in [5, 5.41) is 62.7. The first-order valence-electron chi connectivity index (χ1n) is 17.1. The number of aliphatic hydroxyl groups excluding tert-OH is 2. The van der Waals surface area contributed by atoms with Gasteiger partial charge in [0.15, 0.2) is 5.75 Å². The number of Topliss-reactive ketones (excluding diaryl/α,β-unsaturated/α-hetero) is 1. The Kier molecular flexibility index (Phi) is 12.8. The molecule has 0 aliphatic carbocycles. The first-order chi connectivity index (χ1) is 25.0. The number of ether oxygens (including phenoxy) is 4. The number of nitrogens with one attached hydrogen (secondary N) is 1. The number of aromatic hydroxyl groups is 3. The van der Waals surface area contributed by atoms with Crippen molar-refractivity contribution in [2.45, 2.75) is 79.2 Å². The van der Waals surface area contributed by atoms with Gasteiger partial charge in [0.05, 0.1) is 53.0 Å². The number of fused-ring (bicyclic) bond motifs is 14. The fraction of sp³-hybridized carbons (Fsp3) is 0.474. The lowest BCUT2D eigenvalue weighted by atomic mass is 9.78. The van der Waals surface area contributed by atoms with Crippen molar-refractivity contribution in [3.05, 3.63) is 52.8 Å². The van der Waals surface area contributed by atoms with Crippen molar-refractivity contribution in [2.75, 3.05) is 19.5 Å². The van der Waals surface area contributed by atoms with Gasteiger partial charge in [-0.1, -0.05) is 51.1 Å². The first kappa shape index (κ1) is 40.6. The number of carbonyl (C=O) groups is 3. The molecule has 0 unspecified atom stereocenters. The van der Waals surface area contributed by atoms with E-state index in [0.717, 1.165) is 6.21 Å². The summed E-state index contributed by atoms with van der Waals surface area (Å²) in [6.45, 7) is 11.0. The van der Waals surface area contributed by atoms with E-state index in [1.807, 2.05) is 0 Å². The minimum atomic E-state index is -1.60. The maximum absolute atomic E-state index is 13.9. The number of rotatable bonds is 4. The molecular weight excluding hydrogens is 692 g/mol. The number of ketones is 1. The van der Waals surface area contributed by atoms with Crippen LogP contribution in [0.5, 0.6) is 23.0 Å². The molecule has 288 valence electrons. The molecule has 5 rings (SSSR count). The van der Waals surface area contributed by atoms with Crippen LogP contribution < -0.4 is 10.1 Å². The number of hydrogen-bond acceptors (Lipinski definition) is 14. The summed E-state index contributed by atoms with van der Waals surface area (Å²) in [5.41, 5.74) is -0.607. The molecule has 15 nitrogen and oxygen atoms in total. The molecule has 0 aromatic heterocycles. The second-order valence-corrected chi connectivity index (χ2v) is 13.5. The van der Waals surface area contributed by atoms with Gasteiger partial charge in [0.1, 0.15) is 30.5 Å². The molecule has 0 radical (unpaired) electrons. The van der Waals surface area contributed by atoms with Crippen LogP contribution in [0.3, 0.4) is 0 Å². The maximum Gasteiger partial charge on any atom is 0.304 e. The summed E-state index contributed by atoms with van der Waals surface area (Å²) in [6.07, 6.45) is 2.85. The van der Waals surface area contributed by atoms with E-state index in [0.29, 0.717) is 0 Å². The summed E-state index contributed by atoms with van der Waals surface area (Å²) in [6, 6.07) is 0. The van der Waals surface area contributed by atoms with Gasteiger partial charge in [0.25, 0.3) is 5.91 Å². The van der Waals surface area contributed by atoms with Gasteiger partial charge in [-0.15, -0.1) is 0 Å². The van der Waals surface area contributed by atoms with Crippen molar-refractivity contribution in [2.24, 2.45) is 28.8 Å². The number of carbonyl (C=O) groups excluding carboxylic acids is 3. The van der Waals surface area contributed by atoms with Crippen molar-refractivity contribution < 1.29 is 63.7 Å². The number of phenolic OH excluding ortho intramolecular Hbond substituents is 3. The van der Waals surface area contributed by atoms with E-state index in [9.17, 15) is 39.9 Å². The number of aliphatic hydroxyl groups is 2. The normalized spacial score (nSPS) is 30.7. The Bertz CT molecular complexity index is 1870. The number of esters is 1. The summed E-state index contributed by atoms with van der Waals surface area (Å²) in [7, 11) is 2.66. The molecule has 3 heterocycles. The molecule has 2 aromatic carbocycles. The number of amides is 1. The van der Waals surface area contributed by atoms with Crippen molar-refractivity contribution in [1.29, 1.82) is 0 Å². The van der Waals surface area contributed by atoms with Crippen LogP contribution in [0, 0.1) is 30.6 Å². The van der Waals surface area contributed by atoms with E-state index in [-0.39, 0.29) is 44.5 Å². The van der Waals surface area contributed by atoms with Crippen LogP contribution in [0.4, 0.5) is 5.69 Å². The van der Waals surface area contributed by atoms with Gasteiger partial charge in [0.2, 0.25) is 5.78 Å². The highest BCUT2D eigenvalue weighted by Crippen LogP contribution is 2.53. The zero-order valence-corrected chi connectivity index (χ0v) is 31.1. The van der Waals surface area contributed by atoms with Crippen LogP contribution >= 0.6 is 0 Å². The molecule has 2 aromatic rings. The fourth-order valence-corrected chi connectivity index (χ4v) is 6.79. The predicted octanol–water partition coefficient (Wildman–Crippen LogP) is 4.34. The Balaban J connectivity index is 1.93. The second kappa shape index (κ2) is 16.7. The van der Waals surface area contributed by atoms with Gasteiger partial charge < -0.3 is 54.6 Å².